The van der Waals surface area contributed by atoms with E-state index in [1.807, 2.05) is 69.3 Å². The number of hydrogen-bond donors (Lipinski definition) is 0. The van der Waals surface area contributed by atoms with Gasteiger partial charge in [-0.2, -0.15) is 6.07 Å². The van der Waals surface area contributed by atoms with Crippen molar-refractivity contribution in [3.63, 3.8) is 0 Å². The van der Waals surface area contributed by atoms with E-state index in [4.69, 9.17) is 26.5 Å². The van der Waals surface area contributed by atoms with Gasteiger partial charge in [0.25, 0.3) is 0 Å². The second-order valence-corrected chi connectivity index (χ2v) is 11.5. The van der Waals surface area contributed by atoms with Crippen LogP contribution >= 0.6 is 0 Å². The van der Waals surface area contributed by atoms with Crippen LogP contribution in [0.1, 0.15) is 127 Å². The Hall–Kier alpha value is -5.06. The first kappa shape index (κ1) is 54.0. The fraction of sp³-hybridized carbons (Fsp3) is 0.304. The summed E-state index contributed by atoms with van der Waals surface area (Å²) >= 11 is 0. The summed E-state index contributed by atoms with van der Waals surface area (Å²) in [4.78, 5) is 30.9. The Kier molecular flexibility index (Phi) is 30.4. The van der Waals surface area contributed by atoms with E-state index in [2.05, 4.69) is 39.0 Å². The van der Waals surface area contributed by atoms with Crippen LogP contribution in [0.2, 0.25) is 0 Å². The second-order valence-electron chi connectivity index (χ2n) is 11.5. The van der Waals surface area contributed by atoms with Gasteiger partial charge in [0, 0.05) is 72.2 Å². The quantitative estimate of drug-likeness (QED) is 0.0863. The normalized spacial score (nSPS) is 9.07. The molecular formula is C46H59O10Y-. The molecule has 1 radical (unpaired) electrons. The fourth-order valence-corrected chi connectivity index (χ4v) is 3.93. The SMILES string of the molecule is C.CC(=O)c1ccc(C)o1.CCc1ccc(C)o1.CCc1ccc(C)o1.CCc1ccco1.CCc1ccco1.O=Cc1ccco1.[CH2-]c1ccc(C(C)=O)o1.[Y]. The Morgan fingerprint density at radius 1 is 0.526 bits per heavy atom. The topological polar surface area (TPSA) is 143 Å². The molecule has 0 spiro atoms. The Labute approximate surface area is 363 Å². The largest absolute Gasteiger partial charge is 0.493 e. The first-order valence-corrected chi connectivity index (χ1v) is 18.0. The summed E-state index contributed by atoms with van der Waals surface area (Å²) in [6, 6.07) is 25.7. The van der Waals surface area contributed by atoms with Gasteiger partial charge < -0.3 is 30.9 Å². The molecule has 7 rings (SSSR count). The molecule has 7 heterocycles. The van der Waals surface area contributed by atoms with Crippen LogP contribution in [0.5, 0.6) is 0 Å². The van der Waals surface area contributed by atoms with Crippen LogP contribution in [-0.2, 0) is 58.4 Å². The van der Waals surface area contributed by atoms with Crippen molar-refractivity contribution >= 4 is 17.9 Å². The predicted octanol–water partition coefficient (Wildman–Crippen LogP) is 13.2. The van der Waals surface area contributed by atoms with Gasteiger partial charge in [0.1, 0.15) is 46.1 Å². The molecule has 0 N–H and O–H groups in total. The summed E-state index contributed by atoms with van der Waals surface area (Å²) in [5, 5.41) is 0. The summed E-state index contributed by atoms with van der Waals surface area (Å²) < 4.78 is 34.9. The summed E-state index contributed by atoms with van der Waals surface area (Å²) in [6.45, 7) is 20.5. The zero-order chi connectivity index (χ0) is 41.0. The third-order valence-corrected chi connectivity index (χ3v) is 6.90. The van der Waals surface area contributed by atoms with Gasteiger partial charge in [-0.05, 0) is 99.3 Å². The van der Waals surface area contributed by atoms with Gasteiger partial charge >= 0.3 is 0 Å². The number of aldehydes is 1. The number of ketones is 2. The molecule has 0 amide bonds. The summed E-state index contributed by atoms with van der Waals surface area (Å²) in [5.74, 6) is 8.66. The van der Waals surface area contributed by atoms with Crippen molar-refractivity contribution in [2.75, 3.05) is 0 Å². The number of Topliss-reactive ketones (excluding diaryl/α,β-unsaturated/α-hetero) is 2. The van der Waals surface area contributed by atoms with Crippen LogP contribution in [0.3, 0.4) is 0 Å². The summed E-state index contributed by atoms with van der Waals surface area (Å²) in [6.07, 6.45) is 9.49. The van der Waals surface area contributed by atoms with Gasteiger partial charge in [-0.25, -0.2) is 6.92 Å². The van der Waals surface area contributed by atoms with E-state index < -0.39 is 0 Å². The van der Waals surface area contributed by atoms with E-state index in [0.29, 0.717) is 29.3 Å². The minimum atomic E-state index is -0.0649. The summed E-state index contributed by atoms with van der Waals surface area (Å²) in [5.41, 5.74) is 0. The Balaban J connectivity index is 0. The molecule has 0 atom stereocenters. The van der Waals surface area contributed by atoms with Crippen LogP contribution in [0.25, 0.3) is 0 Å². The third-order valence-electron chi connectivity index (χ3n) is 6.90. The Morgan fingerprint density at radius 2 is 0.912 bits per heavy atom. The molecule has 7 aromatic rings. The molecular weight excluding hydrogens is 801 g/mol. The summed E-state index contributed by atoms with van der Waals surface area (Å²) in [7, 11) is 0. The molecule has 11 heteroatoms. The second kappa shape index (κ2) is 32.1. The van der Waals surface area contributed by atoms with Crippen LogP contribution in [-0.4, -0.2) is 17.9 Å². The van der Waals surface area contributed by atoms with Crippen LogP contribution in [0.4, 0.5) is 0 Å². The molecule has 0 aliphatic heterocycles. The number of furan rings is 7. The molecule has 0 saturated heterocycles. The molecule has 7 aromatic heterocycles. The standard InChI is InChI=1S/C7H8O2.C7H7O2.2C7H10O.2C6H8O.C5H4O2.CH4.Y/c2*1-5-3-4-7(9-5)6(2)8;2*1-3-7-5-4-6(2)8-7;2*1-2-6-4-3-5-7-6;6-4-5-2-1-3-7-5;;/h3-4H,1-2H3;3-4H,1H2,2H3;2*4-5H,3H2,1-2H3;2*3-5H,2H2,1H3;1-4H;1H4;/q;-1;;;;;;;. The minimum absolute atomic E-state index is 0. The van der Waals surface area contributed by atoms with Crippen LogP contribution in [0, 0.1) is 27.7 Å². The average Bonchev–Trinajstić information content (AvgIpc) is 4.03. The number of aryl methyl sites for hydroxylation is 7. The van der Waals surface area contributed by atoms with Gasteiger partial charge in [0.2, 0.25) is 0 Å². The molecule has 0 aromatic carbocycles. The smallest absolute Gasteiger partial charge is 0.194 e. The number of carbonyl (C=O) groups excluding carboxylic acids is 3. The Morgan fingerprint density at radius 3 is 1.09 bits per heavy atom. The van der Waals surface area contributed by atoms with E-state index in [1.165, 1.54) is 20.1 Å². The maximum absolute atomic E-state index is 10.6. The Bertz CT molecular complexity index is 1840. The van der Waals surface area contributed by atoms with Crippen molar-refractivity contribution in [1.29, 1.82) is 0 Å². The van der Waals surface area contributed by atoms with Gasteiger partial charge in [0.05, 0.1) is 18.8 Å². The van der Waals surface area contributed by atoms with E-state index in [0.717, 1.165) is 66.0 Å². The molecule has 0 unspecified atom stereocenters. The number of rotatable bonds is 7. The maximum Gasteiger partial charge on any atom is 0.194 e. The van der Waals surface area contributed by atoms with Crippen molar-refractivity contribution in [2.45, 2.75) is 95.4 Å². The van der Waals surface area contributed by atoms with Crippen molar-refractivity contribution in [3.8, 4) is 0 Å². The maximum atomic E-state index is 10.6. The van der Waals surface area contributed by atoms with Crippen molar-refractivity contribution < 1.29 is 78.0 Å². The molecule has 0 fully saturated rings. The molecule has 0 bridgehead atoms. The van der Waals surface area contributed by atoms with Gasteiger partial charge in [-0.3, -0.25) is 14.4 Å². The number of hydrogen-bond acceptors (Lipinski definition) is 10. The molecule has 0 aliphatic carbocycles. The van der Waals surface area contributed by atoms with Gasteiger partial charge in [-0.1, -0.05) is 41.2 Å². The predicted molar refractivity (Wildman–Crippen MR) is 219 cm³/mol. The number of carbonyl (C=O) groups is 3. The van der Waals surface area contributed by atoms with E-state index in [1.54, 1.807) is 48.9 Å². The van der Waals surface area contributed by atoms with Gasteiger partial charge in [-0.15, -0.1) is 0 Å². The van der Waals surface area contributed by atoms with E-state index in [9.17, 15) is 14.4 Å². The zero-order valence-corrected chi connectivity index (χ0v) is 36.9. The first-order valence-electron chi connectivity index (χ1n) is 18.0. The van der Waals surface area contributed by atoms with E-state index in [-0.39, 0.29) is 51.7 Å². The molecule has 57 heavy (non-hydrogen) atoms. The van der Waals surface area contributed by atoms with Crippen molar-refractivity contribution in [2.24, 2.45) is 0 Å². The monoisotopic (exact) mass is 860 g/mol. The third kappa shape index (κ3) is 24.9. The molecule has 0 aliphatic rings. The fourth-order valence-electron chi connectivity index (χ4n) is 3.93. The minimum Gasteiger partial charge on any atom is -0.493 e. The molecule has 307 valence electrons. The first-order chi connectivity index (χ1) is 26.3. The molecule has 10 nitrogen and oxygen atoms in total. The van der Waals surface area contributed by atoms with Gasteiger partial charge in [0.15, 0.2) is 29.4 Å². The van der Waals surface area contributed by atoms with Crippen LogP contribution < -0.4 is 0 Å². The molecule has 0 saturated carbocycles. The van der Waals surface area contributed by atoms with Crippen molar-refractivity contribution in [3.05, 3.63) is 174 Å². The zero-order valence-electron chi connectivity index (χ0n) is 34.1. The van der Waals surface area contributed by atoms with Crippen molar-refractivity contribution in [1.82, 2.24) is 0 Å². The van der Waals surface area contributed by atoms with E-state index >= 15 is 0 Å². The average molecular weight is 861 g/mol. The van der Waals surface area contributed by atoms with Crippen LogP contribution in [0.15, 0.2) is 135 Å².